The summed E-state index contributed by atoms with van der Waals surface area (Å²) in [6.07, 6.45) is 9.06. The molecule has 1 amide bonds. The quantitative estimate of drug-likeness (QED) is 0.0323. The van der Waals surface area contributed by atoms with Gasteiger partial charge in [-0.3, -0.25) is 19.8 Å². The molecule has 3 aliphatic rings. The number of fused-ring (bicyclic) bond motifs is 2. The van der Waals surface area contributed by atoms with Crippen LogP contribution < -0.4 is 14.2 Å². The number of non-ortho nitro benzene ring substituents is 1. The number of hydrogen-bond acceptors (Lipinski definition) is 13. The maximum Gasteiger partial charge on any atom is 0.409 e. The number of aliphatic hydroxyl groups is 2. The number of allylic oxidation sites excluding steroid dienone is 1. The normalized spacial score (nSPS) is 22.9. The predicted molar refractivity (Wildman–Crippen MR) is 231 cm³/mol. The Morgan fingerprint density at radius 3 is 2.42 bits per heavy atom. The first-order valence-corrected chi connectivity index (χ1v) is 21.3. The van der Waals surface area contributed by atoms with E-state index in [0.29, 0.717) is 71.9 Å². The number of rotatable bonds is 22. The number of amides is 1. The molecule has 332 valence electrons. The predicted octanol–water partition coefficient (Wildman–Crippen LogP) is 8.52. The lowest BCUT2D eigenvalue weighted by molar-refractivity contribution is -0.384. The number of methoxy groups -OCH3 is 2. The molecule has 1 fully saturated rings. The highest BCUT2D eigenvalue weighted by molar-refractivity contribution is 6.03. The van der Waals surface area contributed by atoms with E-state index >= 15 is 0 Å². The molecule has 62 heavy (non-hydrogen) atoms. The Labute approximate surface area is 362 Å². The SMILES string of the molecule is C=CCOC12Oc3ccc(Oc4ccc(OC)c(C=O)c4)cc3C3C(CCCCO)C(CCCCO)C=C(C(=NOCc4ccc([N+](=O)[O-])cc4)CC1N(CCC)C(=O)OC)C32. The Morgan fingerprint density at radius 2 is 1.76 bits per heavy atom. The Kier molecular flexibility index (Phi) is 15.8. The van der Waals surface area contributed by atoms with Gasteiger partial charge in [0.2, 0.25) is 5.79 Å². The number of carbonyl (C=O) groups excluding carboxylic acids is 2. The lowest BCUT2D eigenvalue weighted by Crippen LogP contribution is -2.70. The number of nitro benzene ring substituents is 1. The van der Waals surface area contributed by atoms with Crippen LogP contribution in [0.1, 0.15) is 85.7 Å². The average molecular weight is 856 g/mol. The van der Waals surface area contributed by atoms with E-state index in [1.807, 2.05) is 19.1 Å². The van der Waals surface area contributed by atoms with Gasteiger partial charge in [0, 0.05) is 49.8 Å². The Balaban J connectivity index is 1.56. The van der Waals surface area contributed by atoms with E-state index in [-0.39, 0.29) is 56.3 Å². The van der Waals surface area contributed by atoms with Crippen LogP contribution in [-0.4, -0.2) is 90.5 Å². The van der Waals surface area contributed by atoms with Gasteiger partial charge >= 0.3 is 6.09 Å². The van der Waals surface area contributed by atoms with Crippen molar-refractivity contribution in [3.05, 3.63) is 112 Å². The molecule has 6 rings (SSSR count). The molecule has 3 aromatic rings. The fourth-order valence-electron chi connectivity index (χ4n) is 9.35. The fraction of sp³-hybridized carbons (Fsp3) is 0.468. The smallest absolute Gasteiger partial charge is 0.409 e. The van der Waals surface area contributed by atoms with Gasteiger partial charge in [-0.2, -0.15) is 0 Å². The van der Waals surface area contributed by atoms with Gasteiger partial charge in [-0.15, -0.1) is 6.58 Å². The zero-order chi connectivity index (χ0) is 44.2. The summed E-state index contributed by atoms with van der Waals surface area (Å²) in [6.45, 7) is 6.50. The molecule has 0 bridgehead atoms. The molecule has 0 saturated heterocycles. The van der Waals surface area contributed by atoms with Crippen molar-refractivity contribution >= 4 is 23.8 Å². The third-order valence-electron chi connectivity index (χ3n) is 12.0. The first-order chi connectivity index (χ1) is 30.2. The summed E-state index contributed by atoms with van der Waals surface area (Å²) in [7, 11) is 2.84. The summed E-state index contributed by atoms with van der Waals surface area (Å²) >= 11 is 0. The van der Waals surface area contributed by atoms with Crippen molar-refractivity contribution in [2.24, 2.45) is 22.9 Å². The maximum absolute atomic E-state index is 13.9. The third-order valence-corrected chi connectivity index (χ3v) is 12.0. The summed E-state index contributed by atoms with van der Waals surface area (Å²) in [5.41, 5.74) is 3.27. The van der Waals surface area contributed by atoms with Crippen molar-refractivity contribution < 1.29 is 53.2 Å². The van der Waals surface area contributed by atoms with Gasteiger partial charge in [0.25, 0.3) is 5.69 Å². The van der Waals surface area contributed by atoms with Crippen molar-refractivity contribution in [1.82, 2.24) is 4.90 Å². The van der Waals surface area contributed by atoms with E-state index in [1.54, 1.807) is 47.4 Å². The van der Waals surface area contributed by atoms with Crippen LogP contribution in [0.3, 0.4) is 0 Å². The number of carbonyl (C=O) groups is 2. The number of aliphatic hydroxyl groups excluding tert-OH is 2. The van der Waals surface area contributed by atoms with Crippen LogP contribution in [0, 0.1) is 27.9 Å². The summed E-state index contributed by atoms with van der Waals surface area (Å²) in [4.78, 5) is 44.3. The molecule has 1 aliphatic heterocycles. The molecular weight excluding hydrogens is 799 g/mol. The van der Waals surface area contributed by atoms with Crippen LogP contribution in [0.25, 0.3) is 0 Å². The summed E-state index contributed by atoms with van der Waals surface area (Å²) < 4.78 is 31.4. The second-order valence-corrected chi connectivity index (χ2v) is 15.8. The maximum atomic E-state index is 13.9. The minimum absolute atomic E-state index is 0.00960. The van der Waals surface area contributed by atoms with Crippen molar-refractivity contribution in [3.63, 3.8) is 0 Å². The molecule has 1 heterocycles. The summed E-state index contributed by atoms with van der Waals surface area (Å²) in [5.74, 6) is -0.470. The van der Waals surface area contributed by atoms with E-state index in [9.17, 15) is 29.9 Å². The van der Waals surface area contributed by atoms with Crippen LogP contribution in [0.2, 0.25) is 0 Å². The average Bonchev–Trinajstić information content (AvgIpc) is 3.28. The lowest BCUT2D eigenvalue weighted by Gasteiger charge is -2.59. The molecule has 0 radical (unpaired) electrons. The lowest BCUT2D eigenvalue weighted by atomic mass is 9.55. The van der Waals surface area contributed by atoms with Gasteiger partial charge in [0.05, 0.1) is 42.9 Å². The molecule has 6 unspecified atom stereocenters. The molecule has 6 atom stereocenters. The van der Waals surface area contributed by atoms with Gasteiger partial charge < -0.3 is 38.7 Å². The minimum Gasteiger partial charge on any atom is -0.496 e. The topological polar surface area (TPSA) is 189 Å². The number of benzene rings is 3. The van der Waals surface area contributed by atoms with Gasteiger partial charge in [-0.25, -0.2) is 4.79 Å². The number of oxime groups is 1. The summed E-state index contributed by atoms with van der Waals surface area (Å²) in [6, 6.07) is 15.9. The van der Waals surface area contributed by atoms with E-state index in [1.165, 1.54) is 26.4 Å². The van der Waals surface area contributed by atoms with Crippen molar-refractivity contribution in [2.75, 3.05) is 40.6 Å². The highest BCUT2D eigenvalue weighted by Crippen LogP contribution is 2.62. The number of nitrogens with zero attached hydrogens (tertiary/aromatic N) is 3. The zero-order valence-corrected chi connectivity index (χ0v) is 35.6. The van der Waals surface area contributed by atoms with Crippen LogP contribution in [-0.2, 0) is 20.9 Å². The number of hydrogen-bond donors (Lipinski definition) is 2. The molecule has 15 nitrogen and oxygen atoms in total. The molecule has 2 aliphatic carbocycles. The molecule has 1 saturated carbocycles. The molecule has 15 heteroatoms. The minimum atomic E-state index is -1.47. The van der Waals surface area contributed by atoms with Crippen molar-refractivity contribution in [2.45, 2.75) is 82.6 Å². The van der Waals surface area contributed by atoms with Crippen molar-refractivity contribution in [1.29, 1.82) is 0 Å². The standard InChI is InChI=1S/C47H57N3O12/c1-5-21-49(46(54)58-4)43-28-40(48-60-30-31-13-15-34(16-14-31)50(55)56)38-26-32(11-7-9-22-51)37(12-8-10-23-52)44-39-27-36(61-35-17-19-41(57-3)33(25-35)29-53)18-20-42(39)62-47(43,45(38)44)59-24-6-2/h6,13-20,25-27,29,32,37,43-45,51-52H,2,5,7-12,21-24,28,30H2,1,3-4H3. The molecule has 3 aromatic carbocycles. The second-order valence-electron chi connectivity index (χ2n) is 15.8. The van der Waals surface area contributed by atoms with Gasteiger partial charge in [0.1, 0.15) is 35.6 Å². The Bertz CT molecular complexity index is 2110. The fourth-order valence-corrected chi connectivity index (χ4v) is 9.35. The Morgan fingerprint density at radius 1 is 1.03 bits per heavy atom. The molecule has 2 N–H and O–H groups in total. The zero-order valence-electron chi connectivity index (χ0n) is 35.6. The van der Waals surface area contributed by atoms with Crippen LogP contribution in [0.15, 0.2) is 90.1 Å². The highest BCUT2D eigenvalue weighted by Gasteiger charge is 2.65. The van der Waals surface area contributed by atoms with E-state index in [0.717, 1.165) is 36.8 Å². The van der Waals surface area contributed by atoms with Gasteiger partial charge in [-0.05, 0) is 104 Å². The highest BCUT2D eigenvalue weighted by atomic mass is 16.7. The first-order valence-electron chi connectivity index (χ1n) is 21.3. The number of nitro groups is 1. The first kappa shape index (κ1) is 45.7. The van der Waals surface area contributed by atoms with Gasteiger partial charge in [0.15, 0.2) is 6.29 Å². The van der Waals surface area contributed by atoms with Crippen LogP contribution >= 0.6 is 0 Å². The van der Waals surface area contributed by atoms with Crippen LogP contribution in [0.4, 0.5) is 10.5 Å². The van der Waals surface area contributed by atoms with Crippen molar-refractivity contribution in [3.8, 4) is 23.0 Å². The largest absolute Gasteiger partial charge is 0.496 e. The van der Waals surface area contributed by atoms with E-state index in [4.69, 9.17) is 33.7 Å². The number of unbranched alkanes of at least 4 members (excludes halogenated alkanes) is 2. The molecular formula is C47H57N3O12. The van der Waals surface area contributed by atoms with Crippen LogP contribution in [0.5, 0.6) is 23.0 Å². The Hall–Kier alpha value is -5.77. The van der Waals surface area contributed by atoms with E-state index < -0.39 is 28.8 Å². The molecule has 0 aromatic heterocycles. The molecule has 0 spiro atoms. The van der Waals surface area contributed by atoms with E-state index in [2.05, 4.69) is 12.7 Å². The summed E-state index contributed by atoms with van der Waals surface area (Å²) in [5, 5.41) is 35.9. The van der Waals surface area contributed by atoms with Gasteiger partial charge in [-0.1, -0.05) is 37.1 Å². The monoisotopic (exact) mass is 855 g/mol. The number of aldehydes is 1. The third kappa shape index (κ3) is 9.80. The number of ether oxygens (including phenoxy) is 5. The second kappa shape index (κ2) is 21.3.